The Morgan fingerprint density at radius 3 is 2.06 bits per heavy atom. The average molecular weight is 246 g/mol. The van der Waals surface area contributed by atoms with Crippen LogP contribution in [0.3, 0.4) is 0 Å². The number of esters is 1. The number of ketones is 1. The topological polar surface area (TPSA) is 80.7 Å². The maximum absolute atomic E-state index is 11.3. The van der Waals surface area contributed by atoms with E-state index >= 15 is 0 Å². The third-order valence-electron chi connectivity index (χ3n) is 2.30. The van der Waals surface area contributed by atoms with Gasteiger partial charge in [-0.2, -0.15) is 0 Å². The molecular formula is C10H18O5Si. The van der Waals surface area contributed by atoms with Gasteiger partial charge in [0.1, 0.15) is 0 Å². The minimum Gasteiger partial charge on any atom is -0.481 e. The molecule has 0 spiro atoms. The van der Waals surface area contributed by atoms with Gasteiger partial charge in [0.2, 0.25) is 5.78 Å². The van der Waals surface area contributed by atoms with E-state index in [4.69, 9.17) is 9.84 Å². The van der Waals surface area contributed by atoms with E-state index in [0.717, 1.165) is 0 Å². The predicted molar refractivity (Wildman–Crippen MR) is 60.8 cm³/mol. The van der Waals surface area contributed by atoms with Crippen molar-refractivity contribution in [3.05, 3.63) is 0 Å². The van der Waals surface area contributed by atoms with Gasteiger partial charge in [-0.05, 0) is 6.92 Å². The van der Waals surface area contributed by atoms with Crippen molar-refractivity contribution in [2.75, 3.05) is 0 Å². The van der Waals surface area contributed by atoms with Crippen molar-refractivity contribution in [1.82, 2.24) is 0 Å². The zero-order chi connectivity index (χ0) is 12.9. The highest BCUT2D eigenvalue weighted by Gasteiger charge is 2.28. The molecule has 0 fully saturated rings. The van der Waals surface area contributed by atoms with Crippen LogP contribution in [0.5, 0.6) is 0 Å². The molecule has 0 radical (unpaired) electrons. The molecule has 0 aliphatic rings. The molecule has 92 valence electrons. The first-order valence-corrected chi connectivity index (χ1v) is 8.68. The highest BCUT2D eigenvalue weighted by Crippen LogP contribution is 2.11. The monoisotopic (exact) mass is 246 g/mol. The minimum absolute atomic E-state index is 0.256. The molecule has 0 saturated heterocycles. The summed E-state index contributed by atoms with van der Waals surface area (Å²) in [5.41, 5.74) is -0.256. The first-order chi connectivity index (χ1) is 7.14. The van der Waals surface area contributed by atoms with Crippen LogP contribution in [0, 0.1) is 0 Å². The zero-order valence-corrected chi connectivity index (χ0v) is 11.1. The number of carbonyl (C=O) groups is 3. The van der Waals surface area contributed by atoms with Gasteiger partial charge in [0.15, 0.2) is 0 Å². The Kier molecular flexibility index (Phi) is 5.36. The number of hydrogen-bond acceptors (Lipinski definition) is 4. The number of carboxylic acid groups (broad SMARTS) is 1. The summed E-state index contributed by atoms with van der Waals surface area (Å²) in [6.07, 6.45) is -0.637. The van der Waals surface area contributed by atoms with Gasteiger partial charge < -0.3 is 9.84 Å². The molecule has 0 bridgehead atoms. The number of ether oxygens (including phenoxy) is 1. The number of carboxylic acids is 1. The van der Waals surface area contributed by atoms with E-state index in [-0.39, 0.29) is 18.6 Å². The van der Waals surface area contributed by atoms with Gasteiger partial charge in [-0.25, -0.2) is 4.79 Å². The first-order valence-electron chi connectivity index (χ1n) is 5.10. The molecule has 0 aliphatic carbocycles. The molecule has 1 unspecified atom stereocenters. The van der Waals surface area contributed by atoms with Crippen molar-refractivity contribution < 1.29 is 24.2 Å². The highest BCUT2D eigenvalue weighted by molar-refractivity contribution is 6.77. The number of hydrogen-bond donors (Lipinski definition) is 1. The van der Waals surface area contributed by atoms with Gasteiger partial charge in [0.25, 0.3) is 0 Å². The van der Waals surface area contributed by atoms with Crippen molar-refractivity contribution in [1.29, 1.82) is 0 Å². The third kappa shape index (κ3) is 5.65. The third-order valence-corrected chi connectivity index (χ3v) is 4.85. The number of rotatable bonds is 6. The van der Waals surface area contributed by atoms with E-state index in [2.05, 4.69) is 0 Å². The fourth-order valence-electron chi connectivity index (χ4n) is 0.726. The zero-order valence-electron chi connectivity index (χ0n) is 10.1. The van der Waals surface area contributed by atoms with E-state index < -0.39 is 25.8 Å². The molecule has 0 heterocycles. The van der Waals surface area contributed by atoms with Crippen molar-refractivity contribution >= 4 is 25.8 Å². The van der Waals surface area contributed by atoms with Crippen molar-refractivity contribution in [2.24, 2.45) is 0 Å². The minimum atomic E-state index is -1.63. The van der Waals surface area contributed by atoms with Crippen LogP contribution in [-0.2, 0) is 19.1 Å². The lowest BCUT2D eigenvalue weighted by Gasteiger charge is -2.24. The van der Waals surface area contributed by atoms with Crippen LogP contribution in [0.1, 0.15) is 19.8 Å². The molecule has 0 aromatic heterocycles. The maximum atomic E-state index is 11.3. The molecule has 5 nitrogen and oxygen atoms in total. The van der Waals surface area contributed by atoms with Gasteiger partial charge >= 0.3 is 11.9 Å². The van der Waals surface area contributed by atoms with Crippen LogP contribution in [0.25, 0.3) is 0 Å². The second-order valence-electron chi connectivity index (χ2n) is 4.73. The Labute approximate surface area is 95.8 Å². The molecule has 0 aliphatic heterocycles. The molecule has 1 atom stereocenters. The summed E-state index contributed by atoms with van der Waals surface area (Å²) in [7, 11) is -1.63. The number of aliphatic carboxylic acids is 1. The Bertz CT molecular complexity index is 292. The quantitative estimate of drug-likeness (QED) is 0.433. The summed E-state index contributed by atoms with van der Waals surface area (Å²) in [4.78, 5) is 32.7. The molecule has 1 N–H and O–H groups in total. The van der Waals surface area contributed by atoms with Crippen molar-refractivity contribution in [3.8, 4) is 0 Å². The highest BCUT2D eigenvalue weighted by atomic mass is 28.3. The lowest BCUT2D eigenvalue weighted by Crippen LogP contribution is -2.40. The van der Waals surface area contributed by atoms with Gasteiger partial charge in [-0.1, -0.05) is 19.6 Å². The van der Waals surface area contributed by atoms with Crippen molar-refractivity contribution in [3.63, 3.8) is 0 Å². The van der Waals surface area contributed by atoms with Crippen LogP contribution >= 0.6 is 0 Å². The van der Waals surface area contributed by atoms with Crippen molar-refractivity contribution in [2.45, 2.75) is 45.1 Å². The summed E-state index contributed by atoms with van der Waals surface area (Å²) < 4.78 is 4.99. The summed E-state index contributed by atoms with van der Waals surface area (Å²) in [6, 6.07) is 0. The van der Waals surface area contributed by atoms with Crippen LogP contribution in [-0.4, -0.2) is 36.6 Å². The van der Waals surface area contributed by atoms with E-state index in [1.54, 1.807) is 6.92 Å². The second kappa shape index (κ2) is 5.79. The molecule has 0 rings (SSSR count). The van der Waals surface area contributed by atoms with E-state index in [0.29, 0.717) is 0 Å². The largest absolute Gasteiger partial charge is 0.481 e. The average Bonchev–Trinajstić information content (AvgIpc) is 2.12. The molecule has 0 aromatic rings. The Morgan fingerprint density at radius 2 is 1.69 bits per heavy atom. The fourth-order valence-corrected chi connectivity index (χ4v) is 1.19. The Hall–Kier alpha value is -1.17. The summed E-state index contributed by atoms with van der Waals surface area (Å²) in [6.45, 7) is 7.82. The fraction of sp³-hybridized carbons (Fsp3) is 0.700. The van der Waals surface area contributed by atoms with Gasteiger partial charge in [0, 0.05) is 6.42 Å². The molecule has 0 aromatic carbocycles. The number of carbonyl (C=O) groups excluding carboxylic acids is 2. The van der Waals surface area contributed by atoms with E-state index in [1.165, 1.54) is 0 Å². The summed E-state index contributed by atoms with van der Waals surface area (Å²) in [5, 5.41) is 8.36. The van der Waals surface area contributed by atoms with Crippen LogP contribution in [0.15, 0.2) is 0 Å². The lowest BCUT2D eigenvalue weighted by molar-refractivity contribution is -0.155. The Balaban J connectivity index is 4.16. The van der Waals surface area contributed by atoms with Gasteiger partial charge in [-0.15, -0.1) is 0 Å². The molecule has 16 heavy (non-hydrogen) atoms. The molecule has 6 heteroatoms. The summed E-state index contributed by atoms with van der Waals surface area (Å²) in [5.74, 6) is -2.79. The van der Waals surface area contributed by atoms with Crippen LogP contribution in [0.2, 0.25) is 19.6 Å². The Morgan fingerprint density at radius 1 is 1.19 bits per heavy atom. The molecular weight excluding hydrogens is 228 g/mol. The molecule has 0 saturated carbocycles. The van der Waals surface area contributed by atoms with Crippen LogP contribution in [0.4, 0.5) is 0 Å². The smallest absolute Gasteiger partial charge is 0.374 e. The van der Waals surface area contributed by atoms with Gasteiger partial charge in [0.05, 0.1) is 20.2 Å². The standard InChI is InChI=1S/C10H18O5Si/c1-7(16(2,3)4)15-10(14)8(11)5-6-9(12)13/h7H,5-6H2,1-4H3,(H,12,13). The number of Topliss-reactive ketones (excluding diaryl/α,β-unsaturated/α-hetero) is 1. The van der Waals surface area contributed by atoms with Gasteiger partial charge in [-0.3, -0.25) is 9.59 Å². The van der Waals surface area contributed by atoms with E-state index in [1.807, 2.05) is 19.6 Å². The maximum Gasteiger partial charge on any atom is 0.374 e. The predicted octanol–water partition coefficient (Wildman–Crippen LogP) is 1.23. The van der Waals surface area contributed by atoms with Crippen LogP contribution < -0.4 is 0 Å². The lowest BCUT2D eigenvalue weighted by atomic mass is 10.2. The van der Waals surface area contributed by atoms with E-state index in [9.17, 15) is 14.4 Å². The molecule has 0 amide bonds. The first kappa shape index (κ1) is 14.8. The summed E-state index contributed by atoms with van der Waals surface area (Å²) >= 11 is 0. The normalized spacial score (nSPS) is 13.0. The second-order valence-corrected chi connectivity index (χ2v) is 10.3. The SMILES string of the molecule is CC(OC(=O)C(=O)CCC(=O)O)[Si](C)(C)C.